The van der Waals surface area contributed by atoms with Crippen LogP contribution in [-0.2, 0) is 28.5 Å². The van der Waals surface area contributed by atoms with Gasteiger partial charge in [-0.1, -0.05) is 6.58 Å². The summed E-state index contributed by atoms with van der Waals surface area (Å²) in [6.45, 7) is 7.40. The summed E-state index contributed by atoms with van der Waals surface area (Å²) in [5, 5.41) is 21.6. The summed E-state index contributed by atoms with van der Waals surface area (Å²) >= 11 is 0. The molecule has 8 nitrogen and oxygen atoms in total. The maximum absolute atomic E-state index is 12.6. The van der Waals surface area contributed by atoms with Gasteiger partial charge in [0, 0.05) is 32.3 Å². The molecule has 198 valence electrons. The smallest absolute Gasteiger partial charge is 0.135 e. The number of aliphatic hydroxyl groups excluding tert-OH is 2. The Kier molecular flexibility index (Phi) is 8.28. The summed E-state index contributed by atoms with van der Waals surface area (Å²) in [5.74, 6) is 0.510. The predicted molar refractivity (Wildman–Crippen MR) is 127 cm³/mol. The van der Waals surface area contributed by atoms with Crippen molar-refractivity contribution in [2.24, 2.45) is 5.92 Å². The standard InChI is InChI=1S/C27H42O8/c1-15-9-19(32-14-15)3-4-21-12-22(29)27(34-21)25-13-23(30)26-24(35-25)6-5-20(33-26)11-18(28)10-17-7-8-31-16(17)2/h16-17,19-27,29-30H,1,3-14H2,2H3/t16-,17-,19-,20+,21+,22+,23+,24-,25+,26+,27-/m0/s1. The van der Waals surface area contributed by atoms with Gasteiger partial charge in [0.05, 0.1) is 55.4 Å². The highest BCUT2D eigenvalue weighted by Gasteiger charge is 2.49. The molecule has 5 heterocycles. The molecule has 0 amide bonds. The molecule has 8 heteroatoms. The van der Waals surface area contributed by atoms with Crippen molar-refractivity contribution < 1.29 is 38.7 Å². The number of Topliss-reactive ketones (excluding diaryl/α,β-unsaturated/α-hetero) is 1. The summed E-state index contributed by atoms with van der Waals surface area (Å²) in [7, 11) is 0. The zero-order chi connectivity index (χ0) is 24.5. The van der Waals surface area contributed by atoms with E-state index in [9.17, 15) is 15.0 Å². The first-order chi connectivity index (χ1) is 16.9. The van der Waals surface area contributed by atoms with Crippen molar-refractivity contribution in [2.45, 2.75) is 132 Å². The van der Waals surface area contributed by atoms with Crippen molar-refractivity contribution in [1.82, 2.24) is 0 Å². The molecule has 0 bridgehead atoms. The van der Waals surface area contributed by atoms with Gasteiger partial charge < -0.3 is 33.9 Å². The van der Waals surface area contributed by atoms with Gasteiger partial charge in [-0.05, 0) is 56.9 Å². The molecule has 5 rings (SSSR count). The third-order valence-electron chi connectivity index (χ3n) is 8.62. The molecule has 11 atom stereocenters. The predicted octanol–water partition coefficient (Wildman–Crippen LogP) is 2.47. The Morgan fingerprint density at radius 2 is 1.63 bits per heavy atom. The summed E-state index contributed by atoms with van der Waals surface area (Å²) in [5.41, 5.74) is 1.14. The van der Waals surface area contributed by atoms with Crippen LogP contribution in [0.3, 0.4) is 0 Å². The van der Waals surface area contributed by atoms with Crippen molar-refractivity contribution in [3.8, 4) is 0 Å². The summed E-state index contributed by atoms with van der Waals surface area (Å²) in [6.07, 6.45) is 4.23. The Bertz CT molecular complexity index is 757. The molecule has 0 aromatic heterocycles. The fourth-order valence-corrected chi connectivity index (χ4v) is 6.59. The third-order valence-corrected chi connectivity index (χ3v) is 8.62. The van der Waals surface area contributed by atoms with E-state index < -0.39 is 24.4 Å². The molecule has 0 saturated carbocycles. The topological polar surface area (TPSA) is 104 Å². The van der Waals surface area contributed by atoms with Crippen LogP contribution in [0.1, 0.15) is 71.1 Å². The minimum Gasteiger partial charge on any atom is -0.390 e. The fourth-order valence-electron chi connectivity index (χ4n) is 6.59. The highest BCUT2D eigenvalue weighted by molar-refractivity contribution is 5.79. The molecule has 5 fully saturated rings. The fraction of sp³-hybridized carbons (Fsp3) is 0.889. The Morgan fingerprint density at radius 3 is 2.37 bits per heavy atom. The molecule has 0 spiro atoms. The highest BCUT2D eigenvalue weighted by Crippen LogP contribution is 2.38. The van der Waals surface area contributed by atoms with Crippen molar-refractivity contribution in [2.75, 3.05) is 13.2 Å². The summed E-state index contributed by atoms with van der Waals surface area (Å²) in [6, 6.07) is 0. The number of aliphatic hydroxyl groups is 2. The molecule has 0 unspecified atom stereocenters. The molecule has 0 aliphatic carbocycles. The highest BCUT2D eigenvalue weighted by atomic mass is 16.6. The van der Waals surface area contributed by atoms with Crippen LogP contribution in [0.25, 0.3) is 0 Å². The lowest BCUT2D eigenvalue weighted by Gasteiger charge is -2.46. The number of rotatable bonds is 8. The van der Waals surface area contributed by atoms with Gasteiger partial charge in [0.2, 0.25) is 0 Å². The van der Waals surface area contributed by atoms with Crippen LogP contribution >= 0.6 is 0 Å². The van der Waals surface area contributed by atoms with E-state index in [2.05, 4.69) is 6.58 Å². The van der Waals surface area contributed by atoms with Crippen LogP contribution in [0.15, 0.2) is 12.2 Å². The van der Waals surface area contributed by atoms with Gasteiger partial charge in [-0.25, -0.2) is 0 Å². The number of fused-ring (bicyclic) bond motifs is 1. The number of carbonyl (C=O) groups excluding carboxylic acids is 1. The third kappa shape index (κ3) is 6.17. The SMILES string of the molecule is C=C1CO[C@@H](CC[C@@H]2C[C@@H](O)[C@@H]([C@H]3C[C@@H](O)[C@H]4O[C@@H](CC(=O)C[C@@H]5CCO[C@H]5C)CC[C@@H]4O3)O2)C1. The van der Waals surface area contributed by atoms with Gasteiger partial charge >= 0.3 is 0 Å². The second-order valence-electron chi connectivity index (χ2n) is 11.4. The summed E-state index contributed by atoms with van der Waals surface area (Å²) in [4.78, 5) is 12.6. The lowest BCUT2D eigenvalue weighted by Crippen LogP contribution is -2.57. The van der Waals surface area contributed by atoms with Crippen LogP contribution in [-0.4, -0.2) is 90.2 Å². The monoisotopic (exact) mass is 494 g/mol. The van der Waals surface area contributed by atoms with E-state index in [0.29, 0.717) is 38.2 Å². The van der Waals surface area contributed by atoms with E-state index >= 15 is 0 Å². The first-order valence-corrected chi connectivity index (χ1v) is 13.6. The molecule has 5 saturated heterocycles. The van der Waals surface area contributed by atoms with Crippen LogP contribution < -0.4 is 0 Å². The lowest BCUT2D eigenvalue weighted by molar-refractivity contribution is -0.247. The number of ether oxygens (including phenoxy) is 5. The van der Waals surface area contributed by atoms with Crippen LogP contribution in [0.4, 0.5) is 0 Å². The van der Waals surface area contributed by atoms with E-state index in [0.717, 1.165) is 50.7 Å². The molecule has 0 radical (unpaired) electrons. The van der Waals surface area contributed by atoms with Gasteiger partial charge in [-0.15, -0.1) is 0 Å². The minimum atomic E-state index is -0.701. The number of carbonyl (C=O) groups is 1. The van der Waals surface area contributed by atoms with Crippen LogP contribution in [0.5, 0.6) is 0 Å². The average molecular weight is 495 g/mol. The maximum Gasteiger partial charge on any atom is 0.135 e. The minimum absolute atomic E-state index is 0.0306. The molecule has 0 aromatic carbocycles. The maximum atomic E-state index is 12.6. The van der Waals surface area contributed by atoms with E-state index in [1.807, 2.05) is 6.92 Å². The van der Waals surface area contributed by atoms with Gasteiger partial charge in [-0.3, -0.25) is 4.79 Å². The Labute approximate surface area is 208 Å². The molecule has 35 heavy (non-hydrogen) atoms. The van der Waals surface area contributed by atoms with Crippen molar-refractivity contribution in [3.05, 3.63) is 12.2 Å². The van der Waals surface area contributed by atoms with Crippen molar-refractivity contribution >= 4 is 5.78 Å². The molecule has 5 aliphatic rings. The lowest BCUT2D eigenvalue weighted by atomic mass is 9.87. The Hall–Kier alpha value is -0.870. The van der Waals surface area contributed by atoms with Gasteiger partial charge in [0.15, 0.2) is 0 Å². The summed E-state index contributed by atoms with van der Waals surface area (Å²) < 4.78 is 30.0. The second kappa shape index (κ2) is 11.3. The molecule has 0 aromatic rings. The average Bonchev–Trinajstić information content (AvgIpc) is 3.53. The first kappa shape index (κ1) is 25.8. The normalized spacial score (nSPS) is 46.1. The zero-order valence-corrected chi connectivity index (χ0v) is 20.9. The van der Waals surface area contributed by atoms with E-state index in [1.54, 1.807) is 0 Å². The second-order valence-corrected chi connectivity index (χ2v) is 11.4. The van der Waals surface area contributed by atoms with E-state index in [-0.39, 0.29) is 42.4 Å². The Morgan fingerprint density at radius 1 is 0.886 bits per heavy atom. The number of hydrogen-bond donors (Lipinski definition) is 2. The molecular formula is C27H42O8. The Balaban J connectivity index is 1.08. The van der Waals surface area contributed by atoms with Crippen molar-refractivity contribution in [1.29, 1.82) is 0 Å². The quantitative estimate of drug-likeness (QED) is 0.496. The van der Waals surface area contributed by atoms with E-state index in [4.69, 9.17) is 23.7 Å². The van der Waals surface area contributed by atoms with E-state index in [1.165, 1.54) is 0 Å². The molecule has 2 N–H and O–H groups in total. The number of hydrogen-bond acceptors (Lipinski definition) is 8. The molecular weight excluding hydrogens is 452 g/mol. The van der Waals surface area contributed by atoms with Gasteiger partial charge in [0.25, 0.3) is 0 Å². The van der Waals surface area contributed by atoms with Crippen molar-refractivity contribution in [3.63, 3.8) is 0 Å². The van der Waals surface area contributed by atoms with Gasteiger partial charge in [-0.2, -0.15) is 0 Å². The molecule has 5 aliphatic heterocycles. The zero-order valence-electron chi connectivity index (χ0n) is 20.9. The van der Waals surface area contributed by atoms with Crippen LogP contribution in [0.2, 0.25) is 0 Å². The van der Waals surface area contributed by atoms with Crippen LogP contribution in [0, 0.1) is 5.92 Å². The van der Waals surface area contributed by atoms with Gasteiger partial charge in [0.1, 0.15) is 18.0 Å². The first-order valence-electron chi connectivity index (χ1n) is 13.6. The largest absolute Gasteiger partial charge is 0.390 e. The number of ketones is 1.